The van der Waals surface area contributed by atoms with E-state index in [1.165, 1.54) is 0 Å². The van der Waals surface area contributed by atoms with Crippen molar-refractivity contribution in [3.63, 3.8) is 0 Å². The van der Waals surface area contributed by atoms with Gasteiger partial charge in [-0.25, -0.2) is 8.42 Å². The van der Waals surface area contributed by atoms with E-state index in [0.717, 1.165) is 12.0 Å². The van der Waals surface area contributed by atoms with E-state index in [1.807, 2.05) is 26.0 Å². The van der Waals surface area contributed by atoms with Crippen LogP contribution in [-0.4, -0.2) is 20.2 Å². The number of benzene rings is 1. The Kier molecular flexibility index (Phi) is 5.35. The van der Waals surface area contributed by atoms with Gasteiger partial charge in [0.1, 0.15) is 0 Å². The molecule has 4 heteroatoms. The van der Waals surface area contributed by atoms with Crippen molar-refractivity contribution in [1.82, 2.24) is 0 Å². The van der Waals surface area contributed by atoms with E-state index in [9.17, 15) is 8.42 Å². The third kappa shape index (κ3) is 3.56. The highest BCUT2D eigenvalue weighted by Gasteiger charge is 2.16. The first-order valence-electron chi connectivity index (χ1n) is 6.50. The van der Waals surface area contributed by atoms with Gasteiger partial charge in [0.2, 0.25) is 0 Å². The number of rotatable bonds is 6. The normalized spacial score (nSPS) is 15.3. The van der Waals surface area contributed by atoms with Gasteiger partial charge < -0.3 is 5.73 Å². The lowest BCUT2D eigenvalue weighted by Crippen LogP contribution is -2.24. The summed E-state index contributed by atoms with van der Waals surface area (Å²) in [5.74, 6) is 0.490. The summed E-state index contributed by atoms with van der Waals surface area (Å²) in [4.78, 5) is 0.410. The molecule has 102 valence electrons. The Balaban J connectivity index is 2.99. The first-order valence-corrected chi connectivity index (χ1v) is 8.15. The maximum Gasteiger partial charge on any atom is 0.178 e. The molecule has 0 aliphatic carbocycles. The zero-order valence-electron chi connectivity index (χ0n) is 11.4. The summed E-state index contributed by atoms with van der Waals surface area (Å²) in [7, 11) is -3.11. The zero-order valence-corrected chi connectivity index (χ0v) is 12.2. The minimum atomic E-state index is -3.11. The van der Waals surface area contributed by atoms with Crippen LogP contribution in [-0.2, 0) is 9.84 Å². The van der Waals surface area contributed by atoms with Crippen LogP contribution in [0.25, 0.3) is 0 Å². The van der Waals surface area contributed by atoms with E-state index in [1.54, 1.807) is 12.1 Å². The van der Waals surface area contributed by atoms with Crippen molar-refractivity contribution in [2.75, 3.05) is 5.75 Å². The van der Waals surface area contributed by atoms with E-state index in [4.69, 9.17) is 5.73 Å². The van der Waals surface area contributed by atoms with E-state index >= 15 is 0 Å². The van der Waals surface area contributed by atoms with Gasteiger partial charge in [-0.15, -0.1) is 0 Å². The third-order valence-corrected chi connectivity index (χ3v) is 5.15. The zero-order chi connectivity index (χ0) is 13.8. The second-order valence-electron chi connectivity index (χ2n) is 4.76. The molecule has 0 fully saturated rings. The summed E-state index contributed by atoms with van der Waals surface area (Å²) in [5.41, 5.74) is 7.05. The van der Waals surface area contributed by atoms with Gasteiger partial charge in [-0.3, -0.25) is 0 Å². The first kappa shape index (κ1) is 15.2. The van der Waals surface area contributed by atoms with Gasteiger partial charge in [-0.2, -0.15) is 0 Å². The van der Waals surface area contributed by atoms with Crippen molar-refractivity contribution < 1.29 is 8.42 Å². The summed E-state index contributed by atoms with van der Waals surface area (Å²) in [5, 5.41) is 0. The molecule has 0 aliphatic rings. The van der Waals surface area contributed by atoms with Gasteiger partial charge in [0.25, 0.3) is 0 Å². The third-order valence-electron chi connectivity index (χ3n) is 3.21. The monoisotopic (exact) mass is 269 g/mol. The number of hydrogen-bond acceptors (Lipinski definition) is 3. The highest BCUT2D eigenvalue weighted by Crippen LogP contribution is 2.24. The second kappa shape index (κ2) is 6.34. The Bertz CT molecular complexity index is 463. The molecule has 0 saturated carbocycles. The number of nitrogens with two attached hydrogens (primary N) is 1. The molecule has 1 aromatic carbocycles. The van der Waals surface area contributed by atoms with Crippen molar-refractivity contribution in [3.05, 3.63) is 29.8 Å². The molecule has 2 atom stereocenters. The molecular formula is C14H23NO2S. The predicted octanol–water partition coefficient (Wildman–Crippen LogP) is 2.71. The number of sulfone groups is 1. The smallest absolute Gasteiger partial charge is 0.178 e. The summed E-state index contributed by atoms with van der Waals surface area (Å²) in [6, 6.07) is 7.25. The Morgan fingerprint density at radius 3 is 2.11 bits per heavy atom. The largest absolute Gasteiger partial charge is 0.327 e. The molecule has 1 rings (SSSR count). The fourth-order valence-corrected chi connectivity index (χ4v) is 3.54. The van der Waals surface area contributed by atoms with Crippen LogP contribution in [0.4, 0.5) is 0 Å². The lowest BCUT2D eigenvalue weighted by molar-refractivity contribution is 0.552. The summed E-state index contributed by atoms with van der Waals surface area (Å²) in [6.45, 7) is 5.95. The molecule has 2 N–H and O–H groups in total. The lowest BCUT2D eigenvalue weighted by Gasteiger charge is -2.19. The highest BCUT2D eigenvalue weighted by molar-refractivity contribution is 7.91. The van der Waals surface area contributed by atoms with Gasteiger partial charge in [0.05, 0.1) is 10.6 Å². The van der Waals surface area contributed by atoms with Crippen LogP contribution in [0.2, 0.25) is 0 Å². The quantitative estimate of drug-likeness (QED) is 0.863. The van der Waals surface area contributed by atoms with E-state index in [2.05, 4.69) is 6.92 Å². The molecule has 18 heavy (non-hydrogen) atoms. The lowest BCUT2D eigenvalue weighted by atomic mass is 9.91. The van der Waals surface area contributed by atoms with Crippen molar-refractivity contribution in [3.8, 4) is 0 Å². The van der Waals surface area contributed by atoms with Crippen LogP contribution in [0.1, 0.15) is 45.1 Å². The molecule has 0 heterocycles. The van der Waals surface area contributed by atoms with E-state index < -0.39 is 9.84 Å². The minimum Gasteiger partial charge on any atom is -0.327 e. The maximum atomic E-state index is 11.9. The molecule has 2 unspecified atom stereocenters. The van der Waals surface area contributed by atoms with E-state index in [-0.39, 0.29) is 17.7 Å². The molecule has 3 nitrogen and oxygen atoms in total. The van der Waals surface area contributed by atoms with Crippen molar-refractivity contribution in [1.29, 1.82) is 0 Å². The van der Waals surface area contributed by atoms with Crippen molar-refractivity contribution >= 4 is 9.84 Å². The summed E-state index contributed by atoms with van der Waals surface area (Å²) >= 11 is 0. The SMILES string of the molecule is CCCS(=O)(=O)c1ccc(C(CC)C(C)N)cc1. The van der Waals surface area contributed by atoms with Crippen LogP contribution < -0.4 is 5.73 Å². The second-order valence-corrected chi connectivity index (χ2v) is 6.87. The van der Waals surface area contributed by atoms with Crippen LogP contribution >= 0.6 is 0 Å². The highest BCUT2D eigenvalue weighted by atomic mass is 32.2. The Labute approximate surface area is 110 Å². The molecule has 0 aromatic heterocycles. The van der Waals surface area contributed by atoms with Crippen LogP contribution in [0.5, 0.6) is 0 Å². The molecule has 0 spiro atoms. The van der Waals surface area contributed by atoms with Crippen LogP contribution in [0, 0.1) is 0 Å². The molecule has 0 aliphatic heterocycles. The summed E-state index contributed by atoms with van der Waals surface area (Å²) < 4.78 is 23.8. The average molecular weight is 269 g/mol. The topological polar surface area (TPSA) is 60.2 Å². The first-order chi connectivity index (χ1) is 8.42. The Morgan fingerprint density at radius 2 is 1.72 bits per heavy atom. The number of hydrogen-bond donors (Lipinski definition) is 1. The van der Waals surface area contributed by atoms with Gasteiger partial charge in [-0.05, 0) is 43.4 Å². The Hall–Kier alpha value is -0.870. The standard InChI is InChI=1S/C14H23NO2S/c1-4-10-18(16,17)13-8-6-12(7-9-13)14(5-2)11(3)15/h6-9,11,14H,4-5,10,15H2,1-3H3. The Morgan fingerprint density at radius 1 is 1.17 bits per heavy atom. The molecule has 0 saturated heterocycles. The maximum absolute atomic E-state index is 11.9. The fourth-order valence-electron chi connectivity index (χ4n) is 2.22. The van der Waals surface area contributed by atoms with Gasteiger partial charge in [0, 0.05) is 6.04 Å². The predicted molar refractivity (Wildman–Crippen MR) is 75.5 cm³/mol. The molecule has 0 radical (unpaired) electrons. The molecule has 0 amide bonds. The molecule has 0 bridgehead atoms. The van der Waals surface area contributed by atoms with Crippen molar-refractivity contribution in [2.24, 2.45) is 5.73 Å². The van der Waals surface area contributed by atoms with E-state index in [0.29, 0.717) is 11.3 Å². The van der Waals surface area contributed by atoms with Crippen molar-refractivity contribution in [2.45, 2.75) is 50.5 Å². The van der Waals surface area contributed by atoms with Gasteiger partial charge in [0.15, 0.2) is 9.84 Å². The average Bonchev–Trinajstić information content (AvgIpc) is 2.30. The van der Waals surface area contributed by atoms with Gasteiger partial charge in [-0.1, -0.05) is 26.0 Å². The van der Waals surface area contributed by atoms with Gasteiger partial charge >= 0.3 is 0 Å². The molecule has 1 aromatic rings. The summed E-state index contributed by atoms with van der Waals surface area (Å²) in [6.07, 6.45) is 1.60. The fraction of sp³-hybridized carbons (Fsp3) is 0.571. The minimum absolute atomic E-state index is 0.0769. The van der Waals surface area contributed by atoms with Crippen LogP contribution in [0.15, 0.2) is 29.2 Å². The molecular weight excluding hydrogens is 246 g/mol. The van der Waals surface area contributed by atoms with Crippen LogP contribution in [0.3, 0.4) is 0 Å².